The molecule has 0 aliphatic rings. The topological polar surface area (TPSA) is 71.3 Å². The molecule has 1 aromatic carbocycles. The molecular weight excluding hydrogens is 433 g/mol. The molecule has 0 bridgehead atoms. The fraction of sp³-hybridized carbons (Fsp3) is 0.375. The first-order chi connectivity index (χ1) is 15.8. The van der Waals surface area contributed by atoms with Gasteiger partial charge in [-0.15, -0.1) is 0 Å². The molecule has 0 radical (unpaired) electrons. The van der Waals surface area contributed by atoms with Crippen LogP contribution in [0.2, 0.25) is 0 Å². The van der Waals surface area contributed by atoms with E-state index in [0.29, 0.717) is 31.0 Å². The van der Waals surface area contributed by atoms with Crippen LogP contribution in [0, 0.1) is 0 Å². The van der Waals surface area contributed by atoms with E-state index in [9.17, 15) is 18.0 Å². The zero-order valence-electron chi connectivity index (χ0n) is 18.6. The first-order valence-corrected chi connectivity index (χ1v) is 10.8. The highest BCUT2D eigenvalue weighted by Gasteiger charge is 2.30. The number of carbonyl (C=O) groups excluding carboxylic acids is 1. The van der Waals surface area contributed by atoms with E-state index in [-0.39, 0.29) is 24.2 Å². The number of oxazole rings is 1. The maximum absolute atomic E-state index is 13.1. The quantitative estimate of drug-likeness (QED) is 0.468. The van der Waals surface area contributed by atoms with E-state index in [1.165, 1.54) is 12.3 Å². The van der Waals surface area contributed by atoms with Crippen LogP contribution in [0.5, 0.6) is 0 Å². The number of nitrogens with zero attached hydrogens (tertiary/aromatic N) is 3. The van der Waals surface area contributed by atoms with Crippen molar-refractivity contribution in [1.29, 1.82) is 0 Å². The highest BCUT2D eigenvalue weighted by atomic mass is 19.4. The van der Waals surface area contributed by atoms with E-state index in [0.717, 1.165) is 24.2 Å². The van der Waals surface area contributed by atoms with E-state index < -0.39 is 11.7 Å². The number of rotatable bonds is 10. The van der Waals surface area contributed by atoms with E-state index in [1.807, 2.05) is 36.9 Å². The number of alkyl halides is 3. The van der Waals surface area contributed by atoms with Crippen LogP contribution in [0.15, 0.2) is 59.3 Å². The van der Waals surface area contributed by atoms with Crippen molar-refractivity contribution in [3.05, 3.63) is 83.3 Å². The van der Waals surface area contributed by atoms with Crippen molar-refractivity contribution >= 4 is 5.91 Å². The monoisotopic (exact) mass is 460 g/mol. The summed E-state index contributed by atoms with van der Waals surface area (Å²) < 4.78 is 44.7. The first kappa shape index (κ1) is 24.4. The zero-order chi connectivity index (χ0) is 23.8. The third-order valence-electron chi connectivity index (χ3n) is 5.37. The number of aromatic nitrogens is 2. The van der Waals surface area contributed by atoms with Crippen LogP contribution in [-0.2, 0) is 25.7 Å². The van der Waals surface area contributed by atoms with Crippen molar-refractivity contribution in [3.8, 4) is 0 Å². The first-order valence-electron chi connectivity index (χ1n) is 10.8. The number of nitrogens with one attached hydrogen (secondary N) is 1. The summed E-state index contributed by atoms with van der Waals surface area (Å²) in [4.78, 5) is 22.8. The molecule has 3 rings (SSSR count). The van der Waals surface area contributed by atoms with E-state index >= 15 is 0 Å². The van der Waals surface area contributed by atoms with E-state index in [2.05, 4.69) is 15.3 Å². The molecule has 6 nitrogen and oxygen atoms in total. The van der Waals surface area contributed by atoms with Crippen LogP contribution < -0.4 is 5.32 Å². The van der Waals surface area contributed by atoms with Gasteiger partial charge in [0.05, 0.1) is 12.1 Å². The van der Waals surface area contributed by atoms with Gasteiger partial charge in [0.15, 0.2) is 5.69 Å². The maximum Gasteiger partial charge on any atom is 0.416 e. The highest BCUT2D eigenvalue weighted by Crippen LogP contribution is 2.30. The Morgan fingerprint density at radius 3 is 2.70 bits per heavy atom. The molecule has 0 spiro atoms. The normalized spacial score (nSPS) is 12.7. The lowest BCUT2D eigenvalue weighted by Crippen LogP contribution is -2.32. The fourth-order valence-corrected chi connectivity index (χ4v) is 3.31. The fourth-order valence-electron chi connectivity index (χ4n) is 3.31. The lowest BCUT2D eigenvalue weighted by atomic mass is 10.1. The number of carbonyl (C=O) groups is 1. The SMILES string of the molecule is CCC(C)N(Cc1cccc(C(F)(F)F)c1)Cc1nc(C(=O)NCCc2ccccn2)co1. The minimum absolute atomic E-state index is 0.0714. The van der Waals surface area contributed by atoms with Gasteiger partial charge in [-0.2, -0.15) is 13.2 Å². The smallest absolute Gasteiger partial charge is 0.416 e. The van der Waals surface area contributed by atoms with Crippen molar-refractivity contribution < 1.29 is 22.4 Å². The van der Waals surface area contributed by atoms with E-state index in [4.69, 9.17) is 4.42 Å². The Hall–Kier alpha value is -3.20. The lowest BCUT2D eigenvalue weighted by molar-refractivity contribution is -0.137. The van der Waals surface area contributed by atoms with Crippen LogP contribution >= 0.6 is 0 Å². The number of hydrogen-bond acceptors (Lipinski definition) is 5. The van der Waals surface area contributed by atoms with Gasteiger partial charge >= 0.3 is 6.18 Å². The van der Waals surface area contributed by atoms with Gasteiger partial charge in [-0.1, -0.05) is 31.2 Å². The van der Waals surface area contributed by atoms with Crippen LogP contribution in [0.3, 0.4) is 0 Å². The molecule has 0 saturated heterocycles. The van der Waals surface area contributed by atoms with Gasteiger partial charge in [0.25, 0.3) is 5.91 Å². The zero-order valence-corrected chi connectivity index (χ0v) is 18.6. The molecule has 9 heteroatoms. The number of halogens is 3. The second kappa shape index (κ2) is 11.1. The molecule has 3 aromatic rings. The number of amides is 1. The number of hydrogen-bond donors (Lipinski definition) is 1. The van der Waals surface area contributed by atoms with Crippen LogP contribution in [0.25, 0.3) is 0 Å². The molecule has 0 fully saturated rings. The summed E-state index contributed by atoms with van der Waals surface area (Å²) in [6, 6.07) is 11.0. The second-order valence-electron chi connectivity index (χ2n) is 7.81. The summed E-state index contributed by atoms with van der Waals surface area (Å²) in [7, 11) is 0. The molecule has 0 aliphatic carbocycles. The summed E-state index contributed by atoms with van der Waals surface area (Å²) in [6.07, 6.45) is -0.0107. The minimum Gasteiger partial charge on any atom is -0.447 e. The molecule has 0 saturated carbocycles. The van der Waals surface area contributed by atoms with Crippen molar-refractivity contribution in [2.45, 2.75) is 52.0 Å². The Labute approximate surface area is 190 Å². The molecule has 0 aliphatic heterocycles. The highest BCUT2D eigenvalue weighted by molar-refractivity contribution is 5.91. The summed E-state index contributed by atoms with van der Waals surface area (Å²) in [6.45, 7) is 4.97. The molecule has 1 atom stereocenters. The number of pyridine rings is 1. The standard InChI is InChI=1S/C24H27F3N4O2/c1-3-17(2)31(14-18-7-6-8-19(13-18)24(25,26)27)15-22-30-21(16-33-22)23(32)29-12-10-20-9-4-5-11-28-20/h4-9,11,13,16-17H,3,10,12,14-15H2,1-2H3,(H,29,32). The van der Waals surface area contributed by atoms with Crippen molar-refractivity contribution in [2.75, 3.05) is 6.54 Å². The number of benzene rings is 1. The summed E-state index contributed by atoms with van der Waals surface area (Å²) in [5.41, 5.74) is 0.903. The van der Waals surface area contributed by atoms with Gasteiger partial charge in [0, 0.05) is 37.4 Å². The Balaban J connectivity index is 1.61. The Bertz CT molecular complexity index is 1040. The van der Waals surface area contributed by atoms with Gasteiger partial charge in [0.2, 0.25) is 5.89 Å². The predicted molar refractivity (Wildman–Crippen MR) is 117 cm³/mol. The van der Waals surface area contributed by atoms with Crippen molar-refractivity contribution in [3.63, 3.8) is 0 Å². The van der Waals surface area contributed by atoms with Gasteiger partial charge in [-0.05, 0) is 37.1 Å². The lowest BCUT2D eigenvalue weighted by Gasteiger charge is -2.27. The molecule has 2 aromatic heterocycles. The second-order valence-corrected chi connectivity index (χ2v) is 7.81. The summed E-state index contributed by atoms with van der Waals surface area (Å²) in [5.74, 6) is -0.0222. The predicted octanol–water partition coefficient (Wildman–Crippen LogP) is 4.86. The largest absolute Gasteiger partial charge is 0.447 e. The molecule has 2 heterocycles. The Morgan fingerprint density at radius 1 is 1.18 bits per heavy atom. The molecular formula is C24H27F3N4O2. The van der Waals surface area contributed by atoms with Crippen LogP contribution in [-0.4, -0.2) is 33.4 Å². The van der Waals surface area contributed by atoms with Gasteiger partial charge in [0.1, 0.15) is 6.26 Å². The molecule has 33 heavy (non-hydrogen) atoms. The average Bonchev–Trinajstić information content (AvgIpc) is 3.27. The third kappa shape index (κ3) is 7.15. The average molecular weight is 461 g/mol. The molecule has 1 amide bonds. The van der Waals surface area contributed by atoms with Gasteiger partial charge in [-0.3, -0.25) is 14.7 Å². The minimum atomic E-state index is -4.39. The van der Waals surface area contributed by atoms with Crippen LogP contribution in [0.1, 0.15) is 53.5 Å². The summed E-state index contributed by atoms with van der Waals surface area (Å²) >= 11 is 0. The van der Waals surface area contributed by atoms with Crippen molar-refractivity contribution in [1.82, 2.24) is 20.2 Å². The van der Waals surface area contributed by atoms with Gasteiger partial charge in [-0.25, -0.2) is 4.98 Å². The maximum atomic E-state index is 13.1. The summed E-state index contributed by atoms with van der Waals surface area (Å²) in [5, 5.41) is 2.79. The molecule has 176 valence electrons. The van der Waals surface area contributed by atoms with Crippen LogP contribution in [0.4, 0.5) is 13.2 Å². The Kier molecular flexibility index (Phi) is 8.21. The van der Waals surface area contributed by atoms with E-state index in [1.54, 1.807) is 12.3 Å². The molecule has 1 N–H and O–H groups in total. The van der Waals surface area contributed by atoms with Crippen molar-refractivity contribution in [2.24, 2.45) is 0 Å². The molecule has 1 unspecified atom stereocenters. The Morgan fingerprint density at radius 2 is 2.00 bits per heavy atom. The third-order valence-corrected chi connectivity index (χ3v) is 5.37. The van der Waals surface area contributed by atoms with Gasteiger partial charge < -0.3 is 9.73 Å².